The van der Waals surface area contributed by atoms with Crippen LogP contribution in [0.4, 0.5) is 0 Å². The van der Waals surface area contributed by atoms with Crippen LogP contribution in [0.3, 0.4) is 0 Å². The first-order valence-electron chi connectivity index (χ1n) is 7.62. The molecule has 2 heterocycles. The van der Waals surface area contributed by atoms with Crippen LogP contribution < -0.4 is 5.43 Å². The lowest BCUT2D eigenvalue weighted by atomic mass is 10.2. The van der Waals surface area contributed by atoms with Gasteiger partial charge in [-0.05, 0) is 38.1 Å². The molecule has 3 rings (SSSR count). The highest BCUT2D eigenvalue weighted by Gasteiger charge is 2.13. The summed E-state index contributed by atoms with van der Waals surface area (Å²) in [6, 6.07) is 11.2. The predicted molar refractivity (Wildman–Crippen MR) is 97.3 cm³/mol. The third-order valence-electron chi connectivity index (χ3n) is 3.61. The van der Waals surface area contributed by atoms with Gasteiger partial charge in [-0.15, -0.1) is 0 Å². The van der Waals surface area contributed by atoms with E-state index in [0.29, 0.717) is 22.0 Å². The summed E-state index contributed by atoms with van der Waals surface area (Å²) < 4.78 is 1.64. The van der Waals surface area contributed by atoms with Crippen LogP contribution in [-0.2, 0) is 0 Å². The van der Waals surface area contributed by atoms with Crippen LogP contribution in [0, 0.1) is 13.8 Å². The van der Waals surface area contributed by atoms with Gasteiger partial charge in [-0.25, -0.2) is 10.1 Å². The molecule has 1 aromatic carbocycles. The lowest BCUT2D eigenvalue weighted by Crippen LogP contribution is -2.17. The first-order chi connectivity index (χ1) is 12.1. The molecule has 0 radical (unpaired) electrons. The highest BCUT2D eigenvalue weighted by Crippen LogP contribution is 2.22. The normalized spacial score (nSPS) is 11.0. The number of hydrogen-bond acceptors (Lipinski definition) is 4. The van der Waals surface area contributed by atoms with Crippen LogP contribution in [0.5, 0.6) is 0 Å². The topological polar surface area (TPSA) is 72.2 Å². The van der Waals surface area contributed by atoms with Crippen LogP contribution >= 0.6 is 11.6 Å². The Bertz CT molecular complexity index is 917. The smallest absolute Gasteiger partial charge is 0.267 e. The number of rotatable bonds is 4. The maximum absolute atomic E-state index is 11.9. The Balaban J connectivity index is 1.79. The van der Waals surface area contributed by atoms with Crippen LogP contribution in [0.1, 0.15) is 27.2 Å². The standard InChI is InChI=1S/C18H16ClN5O/c1-12-5-7-15(8-6-12)24-17(19)16(13(2)23-24)11-21-22-18(25)14-4-3-9-20-10-14/h3-11H,1-2H3,(H,22,25)/b21-11-. The zero-order valence-electron chi connectivity index (χ0n) is 13.8. The molecule has 7 heteroatoms. The molecule has 2 aromatic heterocycles. The molecule has 1 N–H and O–H groups in total. The van der Waals surface area contributed by atoms with Crippen molar-refractivity contribution < 1.29 is 4.79 Å². The van der Waals surface area contributed by atoms with Gasteiger partial charge in [0, 0.05) is 12.4 Å². The van der Waals surface area contributed by atoms with E-state index in [1.807, 2.05) is 38.1 Å². The maximum atomic E-state index is 11.9. The van der Waals surface area contributed by atoms with Gasteiger partial charge in [-0.2, -0.15) is 10.2 Å². The van der Waals surface area contributed by atoms with Gasteiger partial charge in [0.1, 0.15) is 5.15 Å². The Morgan fingerprint density at radius 1 is 1.24 bits per heavy atom. The van der Waals surface area contributed by atoms with Crippen molar-refractivity contribution in [2.24, 2.45) is 5.10 Å². The fourth-order valence-corrected chi connectivity index (χ4v) is 2.55. The number of carbonyl (C=O) groups excluding carboxylic acids is 1. The van der Waals surface area contributed by atoms with Crippen molar-refractivity contribution >= 4 is 23.7 Å². The molecule has 1 amide bonds. The minimum Gasteiger partial charge on any atom is -0.267 e. The van der Waals surface area contributed by atoms with Crippen molar-refractivity contribution in [3.63, 3.8) is 0 Å². The zero-order valence-corrected chi connectivity index (χ0v) is 14.5. The Morgan fingerprint density at radius 2 is 2.00 bits per heavy atom. The number of nitrogens with zero attached hydrogens (tertiary/aromatic N) is 4. The van der Waals surface area contributed by atoms with E-state index < -0.39 is 0 Å². The quantitative estimate of drug-likeness (QED) is 0.577. The van der Waals surface area contributed by atoms with Crippen molar-refractivity contribution in [3.8, 4) is 5.69 Å². The van der Waals surface area contributed by atoms with E-state index in [1.54, 1.807) is 23.0 Å². The first kappa shape index (κ1) is 16.9. The second kappa shape index (κ2) is 7.27. The number of aromatic nitrogens is 3. The molecular weight excluding hydrogens is 338 g/mol. The maximum Gasteiger partial charge on any atom is 0.272 e. The molecule has 0 aliphatic carbocycles. The van der Waals surface area contributed by atoms with Crippen LogP contribution in [0.15, 0.2) is 53.9 Å². The Kier molecular flexibility index (Phi) is 4.90. The molecule has 0 atom stereocenters. The van der Waals surface area contributed by atoms with Crippen LogP contribution in [0.2, 0.25) is 5.15 Å². The van der Waals surface area contributed by atoms with Gasteiger partial charge < -0.3 is 0 Å². The summed E-state index contributed by atoms with van der Waals surface area (Å²) in [4.78, 5) is 15.8. The molecule has 3 aromatic rings. The number of amides is 1. The molecule has 6 nitrogen and oxygen atoms in total. The molecule has 0 saturated heterocycles. The van der Waals surface area contributed by atoms with E-state index >= 15 is 0 Å². The summed E-state index contributed by atoms with van der Waals surface area (Å²) in [6.07, 6.45) is 4.56. The van der Waals surface area contributed by atoms with Gasteiger partial charge in [0.15, 0.2) is 0 Å². The minimum atomic E-state index is -0.343. The molecular formula is C18H16ClN5O. The van der Waals surface area contributed by atoms with Gasteiger partial charge in [0.25, 0.3) is 5.91 Å². The molecule has 0 aliphatic heterocycles. The monoisotopic (exact) mass is 353 g/mol. The Morgan fingerprint density at radius 3 is 2.68 bits per heavy atom. The first-order valence-corrected chi connectivity index (χ1v) is 7.99. The third-order valence-corrected chi connectivity index (χ3v) is 3.97. The molecule has 0 unspecified atom stereocenters. The van der Waals surface area contributed by atoms with Crippen molar-refractivity contribution in [3.05, 3.63) is 76.3 Å². The van der Waals surface area contributed by atoms with E-state index in [0.717, 1.165) is 11.3 Å². The number of pyridine rings is 1. The highest BCUT2D eigenvalue weighted by atomic mass is 35.5. The number of benzene rings is 1. The number of carbonyl (C=O) groups is 1. The number of hydrazone groups is 1. The molecule has 0 fully saturated rings. The number of nitrogens with one attached hydrogen (secondary N) is 1. The van der Waals surface area contributed by atoms with E-state index in [4.69, 9.17) is 11.6 Å². The highest BCUT2D eigenvalue weighted by molar-refractivity contribution is 6.32. The molecule has 0 spiro atoms. The summed E-state index contributed by atoms with van der Waals surface area (Å²) >= 11 is 6.42. The lowest BCUT2D eigenvalue weighted by molar-refractivity contribution is 0.0955. The van der Waals surface area contributed by atoms with Crippen molar-refractivity contribution in [2.45, 2.75) is 13.8 Å². The second-order valence-electron chi connectivity index (χ2n) is 5.48. The summed E-state index contributed by atoms with van der Waals surface area (Å²) in [6.45, 7) is 3.85. The second-order valence-corrected chi connectivity index (χ2v) is 5.84. The van der Waals surface area contributed by atoms with Crippen molar-refractivity contribution in [1.82, 2.24) is 20.2 Å². The van der Waals surface area contributed by atoms with Crippen LogP contribution in [0.25, 0.3) is 5.69 Å². The number of aryl methyl sites for hydroxylation is 2. The molecule has 126 valence electrons. The summed E-state index contributed by atoms with van der Waals surface area (Å²) in [5.74, 6) is -0.343. The predicted octanol–water partition coefficient (Wildman–Crippen LogP) is 3.30. The largest absolute Gasteiger partial charge is 0.272 e. The van der Waals surface area contributed by atoms with E-state index in [-0.39, 0.29) is 5.91 Å². The molecule has 25 heavy (non-hydrogen) atoms. The third kappa shape index (κ3) is 3.75. The average Bonchev–Trinajstić information content (AvgIpc) is 2.91. The Labute approximate surface area is 150 Å². The van der Waals surface area contributed by atoms with Crippen molar-refractivity contribution in [1.29, 1.82) is 0 Å². The van der Waals surface area contributed by atoms with Crippen LogP contribution in [-0.4, -0.2) is 26.9 Å². The summed E-state index contributed by atoms with van der Waals surface area (Å²) in [7, 11) is 0. The van der Waals surface area contributed by atoms with E-state index in [2.05, 4.69) is 20.6 Å². The van der Waals surface area contributed by atoms with E-state index in [9.17, 15) is 4.79 Å². The summed E-state index contributed by atoms with van der Waals surface area (Å²) in [5, 5.41) is 8.84. The fourth-order valence-electron chi connectivity index (χ4n) is 2.23. The van der Waals surface area contributed by atoms with Gasteiger partial charge in [0.05, 0.1) is 28.7 Å². The minimum absolute atomic E-state index is 0.343. The molecule has 0 bridgehead atoms. The molecule has 0 saturated carbocycles. The zero-order chi connectivity index (χ0) is 17.8. The number of hydrogen-bond donors (Lipinski definition) is 1. The van der Waals surface area contributed by atoms with Gasteiger partial charge in [-0.3, -0.25) is 9.78 Å². The van der Waals surface area contributed by atoms with Gasteiger partial charge >= 0.3 is 0 Å². The SMILES string of the molecule is Cc1ccc(-n2nc(C)c(/C=N\NC(=O)c3cccnc3)c2Cl)cc1. The van der Waals surface area contributed by atoms with E-state index in [1.165, 1.54) is 12.4 Å². The number of halogens is 1. The van der Waals surface area contributed by atoms with Crippen molar-refractivity contribution in [2.75, 3.05) is 0 Å². The van der Waals surface area contributed by atoms with Gasteiger partial charge in [-0.1, -0.05) is 29.3 Å². The summed E-state index contributed by atoms with van der Waals surface area (Å²) in [5.41, 5.74) is 6.26. The Hall–Kier alpha value is -2.99. The average molecular weight is 354 g/mol. The lowest BCUT2D eigenvalue weighted by Gasteiger charge is -2.03. The van der Waals surface area contributed by atoms with Gasteiger partial charge in [0.2, 0.25) is 0 Å². The molecule has 0 aliphatic rings. The fraction of sp³-hybridized carbons (Fsp3) is 0.111.